The summed E-state index contributed by atoms with van der Waals surface area (Å²) in [7, 11) is -3.12. The molecule has 0 saturated carbocycles. The standard InChI is InChI=1S/C12H17NO2S.ClH/c1-10-3-2-4-12(9-10)16(14,15)11-5-7-13-8-6-11;/h2-4,9,11,13H,5-8H2,1H3;1H. The lowest BCUT2D eigenvalue weighted by Gasteiger charge is -2.22. The fourth-order valence-electron chi connectivity index (χ4n) is 2.09. The number of sulfone groups is 1. The normalized spacial score (nSPS) is 17.5. The fourth-order valence-corrected chi connectivity index (χ4v) is 3.95. The van der Waals surface area contributed by atoms with Crippen LogP contribution in [0.3, 0.4) is 0 Å². The second-order valence-corrected chi connectivity index (χ2v) is 6.54. The Morgan fingerprint density at radius 2 is 1.88 bits per heavy atom. The van der Waals surface area contributed by atoms with Crippen molar-refractivity contribution in [1.29, 1.82) is 0 Å². The Labute approximate surface area is 109 Å². The van der Waals surface area contributed by atoms with Gasteiger partial charge in [-0.1, -0.05) is 12.1 Å². The SMILES string of the molecule is Cc1cccc(S(=O)(=O)C2CCNCC2)c1.Cl. The van der Waals surface area contributed by atoms with Crippen LogP contribution in [0.25, 0.3) is 0 Å². The van der Waals surface area contributed by atoms with Gasteiger partial charge in [0, 0.05) is 0 Å². The Bertz CT molecular complexity index is 467. The van der Waals surface area contributed by atoms with E-state index < -0.39 is 9.84 Å². The Morgan fingerprint density at radius 3 is 2.47 bits per heavy atom. The first-order valence-corrected chi connectivity index (χ1v) is 7.16. The molecule has 0 aliphatic carbocycles. The summed E-state index contributed by atoms with van der Waals surface area (Å²) in [4.78, 5) is 0.472. The summed E-state index contributed by atoms with van der Waals surface area (Å²) in [6.07, 6.45) is 1.44. The number of hydrogen-bond donors (Lipinski definition) is 1. The Kier molecular flexibility index (Phi) is 4.98. The van der Waals surface area contributed by atoms with Gasteiger partial charge >= 0.3 is 0 Å². The predicted molar refractivity (Wildman–Crippen MR) is 71.5 cm³/mol. The van der Waals surface area contributed by atoms with E-state index in [-0.39, 0.29) is 17.7 Å². The second kappa shape index (κ2) is 5.85. The van der Waals surface area contributed by atoms with Crippen LogP contribution in [0.15, 0.2) is 29.2 Å². The first-order chi connectivity index (χ1) is 7.60. The summed E-state index contributed by atoms with van der Waals surface area (Å²) in [6, 6.07) is 7.19. The summed E-state index contributed by atoms with van der Waals surface area (Å²) in [5.41, 5.74) is 0.995. The quantitative estimate of drug-likeness (QED) is 0.897. The van der Waals surface area contributed by atoms with Crippen LogP contribution in [-0.2, 0) is 9.84 Å². The molecule has 0 amide bonds. The number of piperidine rings is 1. The third-order valence-corrected chi connectivity index (χ3v) is 5.30. The molecule has 5 heteroatoms. The lowest BCUT2D eigenvalue weighted by molar-refractivity contribution is 0.496. The van der Waals surface area contributed by atoms with Gasteiger partial charge in [-0.25, -0.2) is 8.42 Å². The molecule has 0 unspecified atom stereocenters. The second-order valence-electron chi connectivity index (χ2n) is 4.31. The van der Waals surface area contributed by atoms with E-state index in [9.17, 15) is 8.42 Å². The van der Waals surface area contributed by atoms with Crippen LogP contribution in [0.1, 0.15) is 18.4 Å². The van der Waals surface area contributed by atoms with Crippen LogP contribution in [0.4, 0.5) is 0 Å². The Morgan fingerprint density at radius 1 is 1.24 bits per heavy atom. The average molecular weight is 276 g/mol. The van der Waals surface area contributed by atoms with E-state index in [0.717, 1.165) is 31.5 Å². The van der Waals surface area contributed by atoms with Gasteiger partial charge in [0.1, 0.15) is 0 Å². The number of nitrogens with one attached hydrogen (secondary N) is 1. The Balaban J connectivity index is 0.00000144. The monoisotopic (exact) mass is 275 g/mol. The third-order valence-electron chi connectivity index (χ3n) is 3.04. The summed E-state index contributed by atoms with van der Waals surface area (Å²) in [5, 5.41) is 2.97. The van der Waals surface area contributed by atoms with Gasteiger partial charge in [0.15, 0.2) is 9.84 Å². The highest BCUT2D eigenvalue weighted by atomic mass is 35.5. The molecule has 96 valence electrons. The fraction of sp³-hybridized carbons (Fsp3) is 0.500. The molecule has 3 nitrogen and oxygen atoms in total. The van der Waals surface area contributed by atoms with Crippen molar-refractivity contribution >= 4 is 22.2 Å². The number of aryl methyl sites for hydroxylation is 1. The van der Waals surface area contributed by atoms with Crippen LogP contribution in [-0.4, -0.2) is 26.8 Å². The zero-order valence-electron chi connectivity index (χ0n) is 9.85. The van der Waals surface area contributed by atoms with E-state index in [1.807, 2.05) is 19.1 Å². The van der Waals surface area contributed by atoms with Crippen molar-refractivity contribution in [3.63, 3.8) is 0 Å². The molecule has 17 heavy (non-hydrogen) atoms. The minimum atomic E-state index is -3.12. The maximum atomic E-state index is 12.3. The van der Waals surface area contributed by atoms with Crippen LogP contribution in [0, 0.1) is 6.92 Å². The molecule has 0 bridgehead atoms. The molecule has 0 atom stereocenters. The van der Waals surface area contributed by atoms with Gasteiger partial charge < -0.3 is 5.32 Å². The van der Waals surface area contributed by atoms with Gasteiger partial charge in [-0.15, -0.1) is 12.4 Å². The van der Waals surface area contributed by atoms with Crippen molar-refractivity contribution in [2.24, 2.45) is 0 Å². The molecule has 1 fully saturated rings. The highest BCUT2D eigenvalue weighted by Gasteiger charge is 2.28. The smallest absolute Gasteiger partial charge is 0.181 e. The number of benzene rings is 1. The first kappa shape index (κ1) is 14.5. The van der Waals surface area contributed by atoms with Gasteiger partial charge in [0.05, 0.1) is 10.1 Å². The molecule has 1 N–H and O–H groups in total. The van der Waals surface area contributed by atoms with E-state index in [2.05, 4.69) is 5.32 Å². The molecule has 2 rings (SSSR count). The molecule has 1 aliphatic heterocycles. The van der Waals surface area contributed by atoms with E-state index in [4.69, 9.17) is 0 Å². The van der Waals surface area contributed by atoms with Gasteiger partial charge in [-0.3, -0.25) is 0 Å². The van der Waals surface area contributed by atoms with Crippen LogP contribution in [0.5, 0.6) is 0 Å². The van der Waals surface area contributed by atoms with Gasteiger partial charge in [-0.2, -0.15) is 0 Å². The summed E-state index contributed by atoms with van der Waals surface area (Å²) >= 11 is 0. The van der Waals surface area contributed by atoms with E-state index in [1.165, 1.54) is 0 Å². The van der Waals surface area contributed by atoms with Crippen molar-refractivity contribution in [1.82, 2.24) is 5.32 Å². The minimum Gasteiger partial charge on any atom is -0.317 e. The topological polar surface area (TPSA) is 46.2 Å². The summed E-state index contributed by atoms with van der Waals surface area (Å²) in [5.74, 6) is 0. The van der Waals surface area contributed by atoms with Crippen LogP contribution < -0.4 is 5.32 Å². The van der Waals surface area contributed by atoms with Gasteiger partial charge in [-0.05, 0) is 50.6 Å². The van der Waals surface area contributed by atoms with E-state index >= 15 is 0 Å². The lowest BCUT2D eigenvalue weighted by atomic mass is 10.2. The van der Waals surface area contributed by atoms with Gasteiger partial charge in [0.2, 0.25) is 0 Å². The van der Waals surface area contributed by atoms with Crippen molar-refractivity contribution in [2.75, 3.05) is 13.1 Å². The lowest BCUT2D eigenvalue weighted by Crippen LogP contribution is -2.35. The molecule has 0 radical (unpaired) electrons. The zero-order chi connectivity index (χ0) is 11.6. The third kappa shape index (κ3) is 3.21. The minimum absolute atomic E-state index is 0. The maximum Gasteiger partial charge on any atom is 0.181 e. The van der Waals surface area contributed by atoms with Gasteiger partial charge in [0.25, 0.3) is 0 Å². The summed E-state index contributed by atoms with van der Waals surface area (Å²) < 4.78 is 24.6. The summed E-state index contributed by atoms with van der Waals surface area (Å²) in [6.45, 7) is 3.52. The first-order valence-electron chi connectivity index (χ1n) is 5.62. The molecule has 1 aromatic rings. The zero-order valence-corrected chi connectivity index (χ0v) is 11.5. The predicted octanol–water partition coefficient (Wildman–Crippen LogP) is 1.94. The number of halogens is 1. The van der Waals surface area contributed by atoms with Crippen molar-refractivity contribution in [2.45, 2.75) is 29.9 Å². The largest absolute Gasteiger partial charge is 0.317 e. The van der Waals surface area contributed by atoms with Crippen molar-refractivity contribution < 1.29 is 8.42 Å². The van der Waals surface area contributed by atoms with Crippen molar-refractivity contribution in [3.05, 3.63) is 29.8 Å². The van der Waals surface area contributed by atoms with E-state index in [0.29, 0.717) is 4.90 Å². The molecule has 0 spiro atoms. The number of rotatable bonds is 2. The molecule has 1 aromatic carbocycles. The molecule has 1 heterocycles. The molecular formula is C12H18ClNO2S. The molecule has 1 saturated heterocycles. The van der Waals surface area contributed by atoms with Crippen LogP contribution >= 0.6 is 12.4 Å². The molecular weight excluding hydrogens is 258 g/mol. The maximum absolute atomic E-state index is 12.3. The van der Waals surface area contributed by atoms with Crippen molar-refractivity contribution in [3.8, 4) is 0 Å². The highest BCUT2D eigenvalue weighted by molar-refractivity contribution is 7.92. The molecule has 1 aliphatic rings. The average Bonchev–Trinajstić information content (AvgIpc) is 2.30. The van der Waals surface area contributed by atoms with Crippen LogP contribution in [0.2, 0.25) is 0 Å². The Hall–Kier alpha value is -0.580. The highest BCUT2D eigenvalue weighted by Crippen LogP contribution is 2.22. The molecule has 0 aromatic heterocycles. The number of hydrogen-bond acceptors (Lipinski definition) is 3. The van der Waals surface area contributed by atoms with E-state index in [1.54, 1.807) is 12.1 Å².